The zero-order valence-corrected chi connectivity index (χ0v) is 6.06. The van der Waals surface area contributed by atoms with E-state index in [0.717, 1.165) is 5.69 Å². The lowest BCUT2D eigenvalue weighted by Crippen LogP contribution is -2.12. The molecule has 54 valence electrons. The van der Waals surface area contributed by atoms with Crippen molar-refractivity contribution in [3.63, 3.8) is 0 Å². The van der Waals surface area contributed by atoms with Crippen molar-refractivity contribution in [3.8, 4) is 0 Å². The van der Waals surface area contributed by atoms with Gasteiger partial charge in [-0.15, -0.1) is 0 Å². The molecule has 3 nitrogen and oxygen atoms in total. The fourth-order valence-electron chi connectivity index (χ4n) is 0.747. The second kappa shape index (κ2) is 2.17. The van der Waals surface area contributed by atoms with Crippen molar-refractivity contribution < 1.29 is 0 Å². The number of aromatic nitrogens is 1. The maximum atomic E-state index is 11.0. The van der Waals surface area contributed by atoms with Crippen LogP contribution in [0, 0.1) is 13.8 Å². The summed E-state index contributed by atoms with van der Waals surface area (Å²) in [5.74, 6) is 0. The molecule has 0 saturated carbocycles. The zero-order valence-electron chi connectivity index (χ0n) is 6.06. The average Bonchev–Trinajstić information content (AvgIpc) is 1.93. The second-order valence-electron chi connectivity index (χ2n) is 2.32. The van der Waals surface area contributed by atoms with E-state index >= 15 is 0 Å². The monoisotopic (exact) mass is 138 g/mol. The smallest absolute Gasteiger partial charge is 0.207 e. The Hall–Kier alpha value is -1.25. The maximum absolute atomic E-state index is 11.0. The molecule has 0 fully saturated rings. The Morgan fingerprint density at radius 2 is 2.10 bits per heavy atom. The lowest BCUT2D eigenvalue weighted by atomic mass is 10.2. The minimum atomic E-state index is -0.0729. The highest BCUT2D eigenvalue weighted by Gasteiger charge is 1.99. The van der Waals surface area contributed by atoms with E-state index in [4.69, 9.17) is 5.73 Å². The first-order valence-corrected chi connectivity index (χ1v) is 3.07. The summed E-state index contributed by atoms with van der Waals surface area (Å²) in [6, 6.07) is 0. The Morgan fingerprint density at radius 1 is 1.50 bits per heavy atom. The van der Waals surface area contributed by atoms with E-state index in [9.17, 15) is 4.79 Å². The Balaban J connectivity index is 3.50. The lowest BCUT2D eigenvalue weighted by Gasteiger charge is -1.98. The number of anilines is 1. The predicted molar refractivity (Wildman–Crippen MR) is 40.9 cm³/mol. The van der Waals surface area contributed by atoms with Crippen LogP contribution < -0.4 is 11.2 Å². The van der Waals surface area contributed by atoms with Gasteiger partial charge in [0.05, 0.1) is 5.69 Å². The van der Waals surface area contributed by atoms with E-state index < -0.39 is 0 Å². The number of nitrogens with two attached hydrogens (primary N) is 1. The molecule has 10 heavy (non-hydrogen) atoms. The van der Waals surface area contributed by atoms with Gasteiger partial charge >= 0.3 is 0 Å². The lowest BCUT2D eigenvalue weighted by molar-refractivity contribution is 1.13. The highest BCUT2D eigenvalue weighted by Crippen LogP contribution is 1.98. The highest BCUT2D eigenvalue weighted by atomic mass is 16.1. The van der Waals surface area contributed by atoms with Gasteiger partial charge in [-0.05, 0) is 13.8 Å². The average molecular weight is 138 g/mol. The first-order valence-electron chi connectivity index (χ1n) is 3.07. The van der Waals surface area contributed by atoms with E-state index in [1.807, 2.05) is 6.92 Å². The van der Waals surface area contributed by atoms with Gasteiger partial charge in [-0.2, -0.15) is 0 Å². The van der Waals surface area contributed by atoms with Crippen molar-refractivity contribution in [3.05, 3.63) is 27.7 Å². The van der Waals surface area contributed by atoms with E-state index in [1.165, 1.54) is 6.20 Å². The predicted octanol–water partition coefficient (Wildman–Crippen LogP) is 0.574. The van der Waals surface area contributed by atoms with Crippen molar-refractivity contribution >= 4 is 5.69 Å². The maximum Gasteiger partial charge on any atom is 0.207 e. The summed E-state index contributed by atoms with van der Waals surface area (Å²) in [6.07, 6.45) is 1.52. The summed E-state index contributed by atoms with van der Waals surface area (Å²) in [4.78, 5) is 13.9. The zero-order chi connectivity index (χ0) is 7.72. The molecular formula is C7H10N2O. The first kappa shape index (κ1) is 6.86. The minimum absolute atomic E-state index is 0.0729. The van der Waals surface area contributed by atoms with Gasteiger partial charge in [0.15, 0.2) is 0 Å². The van der Waals surface area contributed by atoms with E-state index in [-0.39, 0.29) is 11.1 Å². The van der Waals surface area contributed by atoms with Gasteiger partial charge < -0.3 is 10.7 Å². The molecule has 0 spiro atoms. The van der Waals surface area contributed by atoms with Crippen LogP contribution in [-0.4, -0.2) is 4.98 Å². The van der Waals surface area contributed by atoms with Gasteiger partial charge in [-0.3, -0.25) is 4.79 Å². The normalized spacial score (nSPS) is 9.80. The molecule has 0 radical (unpaired) electrons. The fraction of sp³-hybridized carbons (Fsp3) is 0.286. The molecular weight excluding hydrogens is 128 g/mol. The standard InChI is InChI=1S/C7H10N2O/c1-4-5(2)9-3-6(8)7(4)10/h3H,8H2,1-2H3,(H,9,10). The van der Waals surface area contributed by atoms with Crippen LogP contribution in [-0.2, 0) is 0 Å². The van der Waals surface area contributed by atoms with Crippen molar-refractivity contribution in [2.75, 3.05) is 5.73 Å². The van der Waals surface area contributed by atoms with Crippen molar-refractivity contribution in [2.45, 2.75) is 13.8 Å². The molecule has 0 amide bonds. The van der Waals surface area contributed by atoms with Gasteiger partial charge in [-0.1, -0.05) is 0 Å². The quantitative estimate of drug-likeness (QED) is 0.550. The number of rotatable bonds is 0. The summed E-state index contributed by atoms with van der Waals surface area (Å²) in [6.45, 7) is 3.60. The van der Waals surface area contributed by atoms with Crippen LogP contribution in [0.15, 0.2) is 11.0 Å². The SMILES string of the molecule is Cc1[nH]cc(N)c(=O)c1C. The summed E-state index contributed by atoms with van der Waals surface area (Å²) in [7, 11) is 0. The Bertz CT molecular complexity index is 301. The molecule has 1 heterocycles. The van der Waals surface area contributed by atoms with Crippen LogP contribution in [0.2, 0.25) is 0 Å². The summed E-state index contributed by atoms with van der Waals surface area (Å²) in [5, 5.41) is 0. The summed E-state index contributed by atoms with van der Waals surface area (Å²) in [5.41, 5.74) is 7.12. The molecule has 1 rings (SSSR count). The molecule has 0 unspecified atom stereocenters. The van der Waals surface area contributed by atoms with Crippen molar-refractivity contribution in [2.24, 2.45) is 0 Å². The van der Waals surface area contributed by atoms with Crippen LogP contribution in [0.3, 0.4) is 0 Å². The number of aromatic amines is 1. The molecule has 0 aromatic carbocycles. The number of nitrogens with one attached hydrogen (secondary N) is 1. The minimum Gasteiger partial charge on any atom is -0.394 e. The molecule has 0 saturated heterocycles. The number of hydrogen-bond donors (Lipinski definition) is 2. The highest BCUT2D eigenvalue weighted by molar-refractivity contribution is 5.39. The first-order chi connectivity index (χ1) is 4.63. The Morgan fingerprint density at radius 3 is 2.60 bits per heavy atom. The van der Waals surface area contributed by atoms with E-state index in [0.29, 0.717) is 5.56 Å². The molecule has 0 atom stereocenters. The number of pyridine rings is 1. The van der Waals surface area contributed by atoms with Crippen LogP contribution >= 0.6 is 0 Å². The molecule has 0 aliphatic rings. The number of hydrogen-bond acceptors (Lipinski definition) is 2. The molecule has 1 aromatic rings. The third kappa shape index (κ3) is 0.900. The van der Waals surface area contributed by atoms with Crippen LogP contribution in [0.1, 0.15) is 11.3 Å². The molecule has 0 bridgehead atoms. The second-order valence-corrected chi connectivity index (χ2v) is 2.32. The third-order valence-corrected chi connectivity index (χ3v) is 1.61. The molecule has 0 aliphatic heterocycles. The van der Waals surface area contributed by atoms with Gasteiger partial charge in [0.25, 0.3) is 0 Å². The number of aryl methyl sites for hydroxylation is 1. The number of H-pyrrole nitrogens is 1. The Kier molecular flexibility index (Phi) is 1.49. The van der Waals surface area contributed by atoms with Gasteiger partial charge in [0, 0.05) is 17.5 Å². The summed E-state index contributed by atoms with van der Waals surface area (Å²) < 4.78 is 0. The molecule has 3 heteroatoms. The number of nitrogen functional groups attached to an aromatic ring is 1. The van der Waals surface area contributed by atoms with Gasteiger partial charge in [0.2, 0.25) is 5.43 Å². The third-order valence-electron chi connectivity index (χ3n) is 1.61. The molecule has 0 aliphatic carbocycles. The van der Waals surface area contributed by atoms with Crippen LogP contribution in [0.25, 0.3) is 0 Å². The fourth-order valence-corrected chi connectivity index (χ4v) is 0.747. The van der Waals surface area contributed by atoms with Gasteiger partial charge in [-0.25, -0.2) is 0 Å². The van der Waals surface area contributed by atoms with E-state index in [2.05, 4.69) is 4.98 Å². The topological polar surface area (TPSA) is 58.9 Å². The van der Waals surface area contributed by atoms with E-state index in [1.54, 1.807) is 6.92 Å². The molecule has 1 aromatic heterocycles. The summed E-state index contributed by atoms with van der Waals surface area (Å²) >= 11 is 0. The largest absolute Gasteiger partial charge is 0.394 e. The van der Waals surface area contributed by atoms with Gasteiger partial charge in [0.1, 0.15) is 0 Å². The van der Waals surface area contributed by atoms with Crippen molar-refractivity contribution in [1.82, 2.24) is 4.98 Å². The Labute approximate surface area is 58.9 Å². The van der Waals surface area contributed by atoms with Crippen molar-refractivity contribution in [1.29, 1.82) is 0 Å². The molecule has 3 N–H and O–H groups in total. The van der Waals surface area contributed by atoms with Crippen LogP contribution in [0.5, 0.6) is 0 Å². The van der Waals surface area contributed by atoms with Crippen LogP contribution in [0.4, 0.5) is 5.69 Å².